The van der Waals surface area contributed by atoms with E-state index in [0.717, 1.165) is 44.3 Å². The molecular formula is C27H34FN3O3. The third-order valence-electron chi connectivity index (χ3n) is 9.24. The number of anilines is 1. The van der Waals surface area contributed by atoms with E-state index in [2.05, 4.69) is 25.9 Å². The minimum absolute atomic E-state index is 0.0242. The monoisotopic (exact) mass is 467 g/mol. The van der Waals surface area contributed by atoms with E-state index in [0.29, 0.717) is 37.4 Å². The Morgan fingerprint density at radius 1 is 1.12 bits per heavy atom. The zero-order valence-electron chi connectivity index (χ0n) is 20.4. The fourth-order valence-electron chi connectivity index (χ4n) is 7.03. The first kappa shape index (κ1) is 22.1. The molecule has 182 valence electrons. The van der Waals surface area contributed by atoms with Gasteiger partial charge in [-0.05, 0) is 75.3 Å². The van der Waals surface area contributed by atoms with Gasteiger partial charge in [0.05, 0.1) is 5.41 Å². The number of halogens is 1. The molecule has 4 bridgehead atoms. The molecule has 0 spiro atoms. The lowest BCUT2D eigenvalue weighted by Crippen LogP contribution is -2.71. The van der Waals surface area contributed by atoms with E-state index < -0.39 is 11.1 Å². The number of aromatic nitrogens is 2. The van der Waals surface area contributed by atoms with Crippen LogP contribution < -0.4 is 4.90 Å². The zero-order chi connectivity index (χ0) is 24.0. The molecule has 7 heteroatoms. The number of alkyl halides is 1. The van der Waals surface area contributed by atoms with Crippen LogP contribution in [0.5, 0.6) is 5.75 Å². The first-order valence-electron chi connectivity index (χ1n) is 12.6. The number of aromatic hydroxyl groups is 1. The van der Waals surface area contributed by atoms with Crippen molar-refractivity contribution in [3.8, 4) is 5.75 Å². The third kappa shape index (κ3) is 3.22. The Labute approximate surface area is 199 Å². The van der Waals surface area contributed by atoms with Crippen LogP contribution in [-0.4, -0.2) is 33.4 Å². The minimum Gasteiger partial charge on any atom is -0.508 e. The number of benzene rings is 1. The zero-order valence-corrected chi connectivity index (χ0v) is 20.4. The van der Waals surface area contributed by atoms with Crippen LogP contribution in [-0.2, 0) is 15.6 Å². The van der Waals surface area contributed by atoms with Gasteiger partial charge >= 0.3 is 0 Å². The molecule has 6 aliphatic carbocycles. The van der Waals surface area contributed by atoms with Gasteiger partial charge in [0.25, 0.3) is 0 Å². The van der Waals surface area contributed by atoms with Crippen molar-refractivity contribution in [2.24, 2.45) is 10.8 Å². The van der Waals surface area contributed by atoms with Gasteiger partial charge < -0.3 is 14.5 Å². The highest BCUT2D eigenvalue weighted by Gasteiger charge is 2.73. The molecular weight excluding hydrogens is 433 g/mol. The van der Waals surface area contributed by atoms with Crippen molar-refractivity contribution in [3.05, 3.63) is 36.0 Å². The van der Waals surface area contributed by atoms with E-state index in [1.54, 1.807) is 18.2 Å². The maximum absolute atomic E-state index is 14.3. The van der Waals surface area contributed by atoms with Gasteiger partial charge in [-0.1, -0.05) is 32.0 Å². The fourth-order valence-corrected chi connectivity index (χ4v) is 7.03. The van der Waals surface area contributed by atoms with Crippen LogP contribution in [0.3, 0.4) is 0 Å². The summed E-state index contributed by atoms with van der Waals surface area (Å²) in [5, 5.41) is 14.5. The molecule has 2 aromatic rings. The average Bonchev–Trinajstić information content (AvgIpc) is 3.27. The number of amides is 1. The van der Waals surface area contributed by atoms with E-state index in [1.807, 2.05) is 11.0 Å². The summed E-state index contributed by atoms with van der Waals surface area (Å²) in [4.78, 5) is 20.4. The van der Waals surface area contributed by atoms with Crippen molar-refractivity contribution in [1.82, 2.24) is 10.1 Å². The molecule has 1 aromatic heterocycles. The smallest absolute Gasteiger partial charge is 0.233 e. The van der Waals surface area contributed by atoms with Gasteiger partial charge in [0.1, 0.15) is 11.4 Å². The SMILES string of the molecule is CC(C)(C)c1nc(C23CCC(CN(C(=O)C45CC(F)(C4)C5)c4cccc(O)c4)(CC2)CC3)no1. The summed E-state index contributed by atoms with van der Waals surface area (Å²) in [5.41, 5.74) is -1.13. The molecule has 6 fully saturated rings. The Bertz CT molecular complexity index is 1110. The Morgan fingerprint density at radius 2 is 1.76 bits per heavy atom. The van der Waals surface area contributed by atoms with Crippen LogP contribution in [0.4, 0.5) is 10.1 Å². The van der Waals surface area contributed by atoms with Crippen LogP contribution in [0.15, 0.2) is 28.8 Å². The summed E-state index contributed by atoms with van der Waals surface area (Å²) >= 11 is 0. The normalized spacial score (nSPS) is 36.0. The molecule has 1 aromatic carbocycles. The second-order valence-corrected chi connectivity index (χ2v) is 12.8. The van der Waals surface area contributed by atoms with Gasteiger partial charge in [-0.3, -0.25) is 4.79 Å². The summed E-state index contributed by atoms with van der Waals surface area (Å²) in [6, 6.07) is 6.94. The van der Waals surface area contributed by atoms with E-state index >= 15 is 0 Å². The predicted molar refractivity (Wildman–Crippen MR) is 125 cm³/mol. The summed E-state index contributed by atoms with van der Waals surface area (Å²) < 4.78 is 19.9. The van der Waals surface area contributed by atoms with Gasteiger partial charge in [-0.2, -0.15) is 4.98 Å². The highest BCUT2D eigenvalue weighted by atomic mass is 19.1. The Morgan fingerprint density at radius 3 is 2.29 bits per heavy atom. The van der Waals surface area contributed by atoms with Crippen LogP contribution in [0, 0.1) is 10.8 Å². The molecule has 0 radical (unpaired) electrons. The molecule has 6 nitrogen and oxygen atoms in total. The average molecular weight is 468 g/mol. The number of fused-ring (bicyclic) bond motifs is 3. The maximum Gasteiger partial charge on any atom is 0.233 e. The van der Waals surface area contributed by atoms with Gasteiger partial charge in [0.2, 0.25) is 11.8 Å². The van der Waals surface area contributed by atoms with Crippen molar-refractivity contribution >= 4 is 11.6 Å². The standard InChI is InChI=1S/C27H34FN3O3/c1-23(2,3)21-29-20(30-34-21)25-10-7-24(8-11-25,9-12-25)17-31(18-5-4-6-19(32)13-18)22(33)26-14-27(28,15-26)16-26/h4-6,13,32H,7-12,14-17H2,1-3H3. The first-order chi connectivity index (χ1) is 16.0. The predicted octanol–water partition coefficient (Wildman–Crippen LogP) is 5.59. The minimum atomic E-state index is -1.12. The number of hydrogen-bond acceptors (Lipinski definition) is 5. The van der Waals surface area contributed by atoms with E-state index in [-0.39, 0.29) is 27.9 Å². The Hall–Kier alpha value is -2.44. The third-order valence-corrected chi connectivity index (χ3v) is 9.24. The van der Waals surface area contributed by atoms with Crippen molar-refractivity contribution in [3.63, 3.8) is 0 Å². The lowest BCUT2D eigenvalue weighted by Gasteiger charge is -2.65. The molecule has 1 heterocycles. The van der Waals surface area contributed by atoms with Crippen LogP contribution >= 0.6 is 0 Å². The number of phenolic OH excluding ortho intramolecular Hbond substituents is 1. The van der Waals surface area contributed by atoms with E-state index in [4.69, 9.17) is 9.51 Å². The second kappa shape index (κ2) is 6.82. The molecule has 1 N–H and O–H groups in total. The van der Waals surface area contributed by atoms with Crippen molar-refractivity contribution in [2.75, 3.05) is 11.4 Å². The number of carbonyl (C=O) groups is 1. The summed E-state index contributed by atoms with van der Waals surface area (Å²) in [6.45, 7) is 6.86. The van der Waals surface area contributed by atoms with Crippen molar-refractivity contribution in [2.45, 2.75) is 95.1 Å². The highest BCUT2D eigenvalue weighted by molar-refractivity contribution is 6.00. The number of hydrogen-bond donors (Lipinski definition) is 1. The Balaban J connectivity index is 1.23. The van der Waals surface area contributed by atoms with Crippen molar-refractivity contribution < 1.29 is 18.8 Å². The topological polar surface area (TPSA) is 79.5 Å². The molecule has 34 heavy (non-hydrogen) atoms. The van der Waals surface area contributed by atoms with Crippen LogP contribution in [0.25, 0.3) is 0 Å². The summed E-state index contributed by atoms with van der Waals surface area (Å²) in [7, 11) is 0. The van der Waals surface area contributed by atoms with E-state index in [9.17, 15) is 14.3 Å². The first-order valence-corrected chi connectivity index (χ1v) is 12.6. The lowest BCUT2D eigenvalue weighted by atomic mass is 9.41. The number of phenols is 1. The fraction of sp³-hybridized carbons (Fsp3) is 0.667. The largest absolute Gasteiger partial charge is 0.508 e. The molecule has 0 atom stereocenters. The van der Waals surface area contributed by atoms with Crippen LogP contribution in [0.2, 0.25) is 0 Å². The molecule has 6 saturated carbocycles. The molecule has 0 aliphatic heterocycles. The molecule has 1 amide bonds. The van der Waals surface area contributed by atoms with Gasteiger partial charge in [0, 0.05) is 29.1 Å². The second-order valence-electron chi connectivity index (χ2n) is 12.8. The number of nitrogens with zero attached hydrogens (tertiary/aromatic N) is 3. The quantitative estimate of drug-likeness (QED) is 0.620. The molecule has 8 rings (SSSR count). The molecule has 0 unspecified atom stereocenters. The highest BCUT2D eigenvalue weighted by Crippen LogP contribution is 2.70. The van der Waals surface area contributed by atoms with Crippen molar-refractivity contribution in [1.29, 1.82) is 0 Å². The van der Waals surface area contributed by atoms with E-state index in [1.165, 1.54) is 0 Å². The van der Waals surface area contributed by atoms with Crippen LogP contribution in [0.1, 0.15) is 90.3 Å². The summed E-state index contributed by atoms with van der Waals surface area (Å²) in [6.07, 6.45) is 6.97. The lowest BCUT2D eigenvalue weighted by molar-refractivity contribution is -0.211. The molecule has 0 saturated heterocycles. The van der Waals surface area contributed by atoms with Gasteiger partial charge in [-0.25, -0.2) is 4.39 Å². The number of rotatable bonds is 5. The molecule has 6 aliphatic rings. The van der Waals surface area contributed by atoms with Gasteiger partial charge in [-0.15, -0.1) is 0 Å². The maximum atomic E-state index is 14.3. The summed E-state index contributed by atoms with van der Waals surface area (Å²) in [5.74, 6) is 1.70. The Kier molecular flexibility index (Phi) is 4.43. The van der Waals surface area contributed by atoms with Gasteiger partial charge in [0.15, 0.2) is 5.82 Å². The number of carbonyl (C=O) groups excluding carboxylic acids is 1.